The lowest BCUT2D eigenvalue weighted by molar-refractivity contribution is -0.128. The normalized spacial score (nSPS) is 19.3. The number of ether oxygens (including phenoxy) is 2. The Morgan fingerprint density at radius 2 is 2.12 bits per heavy atom. The van der Waals surface area contributed by atoms with Gasteiger partial charge in [0.2, 0.25) is 5.91 Å². The molecule has 1 aromatic carbocycles. The van der Waals surface area contributed by atoms with Crippen LogP contribution in [0.25, 0.3) is 11.0 Å². The molecule has 0 bridgehead atoms. The summed E-state index contributed by atoms with van der Waals surface area (Å²) in [5, 5.41) is 2.85. The first-order valence-corrected chi connectivity index (χ1v) is 8.26. The molecule has 1 saturated heterocycles. The predicted octanol–water partition coefficient (Wildman–Crippen LogP) is 2.04. The van der Waals surface area contributed by atoms with Crippen LogP contribution in [0, 0.1) is 17.6 Å². The zero-order chi connectivity index (χ0) is 18.0. The second kappa shape index (κ2) is 7.45. The summed E-state index contributed by atoms with van der Waals surface area (Å²) in [5.41, 5.74) is 0.686. The molecule has 1 N–H and O–H groups in total. The summed E-state index contributed by atoms with van der Waals surface area (Å²) in [4.78, 5) is 16.8. The number of amides is 1. The maximum absolute atomic E-state index is 13.6. The number of nitrogens with one attached hydrogen (secondary N) is 1. The van der Waals surface area contributed by atoms with E-state index in [9.17, 15) is 13.6 Å². The molecule has 2 atom stereocenters. The minimum atomic E-state index is -0.968. The molecule has 0 aliphatic carbocycles. The highest BCUT2D eigenvalue weighted by Crippen LogP contribution is 2.25. The van der Waals surface area contributed by atoms with Crippen molar-refractivity contribution >= 4 is 16.9 Å². The molecule has 0 radical (unpaired) electrons. The highest BCUT2D eigenvalue weighted by molar-refractivity contribution is 5.84. The average Bonchev–Trinajstić information content (AvgIpc) is 2.97. The van der Waals surface area contributed by atoms with E-state index in [2.05, 4.69) is 10.3 Å². The second-order valence-electron chi connectivity index (χ2n) is 6.41. The van der Waals surface area contributed by atoms with Crippen LogP contribution in [-0.4, -0.2) is 47.9 Å². The Balaban J connectivity index is 1.80. The Morgan fingerprint density at radius 1 is 1.36 bits per heavy atom. The summed E-state index contributed by atoms with van der Waals surface area (Å²) >= 11 is 0. The summed E-state index contributed by atoms with van der Waals surface area (Å²) in [6.45, 7) is 5.60. The number of imidazole rings is 1. The molecule has 25 heavy (non-hydrogen) atoms. The van der Waals surface area contributed by atoms with Gasteiger partial charge in [-0.25, -0.2) is 13.8 Å². The Bertz CT molecular complexity index is 757. The quantitative estimate of drug-likeness (QED) is 0.893. The largest absolute Gasteiger partial charge is 0.376 e. The maximum Gasteiger partial charge on any atom is 0.243 e. The van der Waals surface area contributed by atoms with E-state index in [1.807, 2.05) is 13.8 Å². The Hall–Kier alpha value is -2.06. The fourth-order valence-corrected chi connectivity index (χ4v) is 2.97. The van der Waals surface area contributed by atoms with Crippen molar-refractivity contribution in [1.29, 1.82) is 0 Å². The van der Waals surface area contributed by atoms with Crippen molar-refractivity contribution in [2.24, 2.45) is 5.92 Å². The second-order valence-corrected chi connectivity index (χ2v) is 6.41. The molecular weight excluding hydrogens is 332 g/mol. The van der Waals surface area contributed by atoms with E-state index >= 15 is 0 Å². The minimum Gasteiger partial charge on any atom is -0.376 e. The number of hydrogen-bond donors (Lipinski definition) is 1. The maximum atomic E-state index is 13.6. The molecule has 1 fully saturated rings. The van der Waals surface area contributed by atoms with Crippen LogP contribution in [0.1, 0.15) is 19.9 Å². The number of benzene rings is 1. The van der Waals surface area contributed by atoms with E-state index in [0.29, 0.717) is 37.4 Å². The van der Waals surface area contributed by atoms with E-state index in [1.165, 1.54) is 6.33 Å². The zero-order valence-corrected chi connectivity index (χ0v) is 14.2. The summed E-state index contributed by atoms with van der Waals surface area (Å²) < 4.78 is 39.4. The van der Waals surface area contributed by atoms with Crippen LogP contribution in [-0.2, 0) is 14.3 Å². The fraction of sp³-hybridized carbons (Fsp3) is 0.529. The third-order valence-corrected chi connectivity index (χ3v) is 4.21. The first-order chi connectivity index (χ1) is 12.0. The number of nitrogens with zero attached hydrogens (tertiary/aromatic N) is 2. The van der Waals surface area contributed by atoms with Crippen molar-refractivity contribution < 1.29 is 23.0 Å². The summed E-state index contributed by atoms with van der Waals surface area (Å²) in [6.07, 6.45) is 1.25. The van der Waals surface area contributed by atoms with Gasteiger partial charge in [-0.1, -0.05) is 13.8 Å². The van der Waals surface area contributed by atoms with Crippen molar-refractivity contribution in [3.63, 3.8) is 0 Å². The minimum absolute atomic E-state index is 0.0750. The van der Waals surface area contributed by atoms with Gasteiger partial charge in [0.25, 0.3) is 0 Å². The van der Waals surface area contributed by atoms with Gasteiger partial charge in [-0.15, -0.1) is 0 Å². The number of carbonyl (C=O) groups is 1. The number of rotatable bonds is 5. The van der Waals surface area contributed by atoms with Crippen LogP contribution in [0.3, 0.4) is 0 Å². The zero-order valence-electron chi connectivity index (χ0n) is 14.2. The highest BCUT2D eigenvalue weighted by Gasteiger charge is 2.27. The standard InChI is InChI=1S/C17H21F2N3O3/c1-10(2)16(17(23)20-7-11-8-24-3-4-25-11)22-9-21-14-5-12(18)13(19)6-15(14)22/h5-6,9-11,16H,3-4,7-8H2,1-2H3,(H,20,23)/t11-,16-/m0/s1. The molecule has 1 aliphatic rings. The van der Waals surface area contributed by atoms with E-state index in [0.717, 1.165) is 12.1 Å². The smallest absolute Gasteiger partial charge is 0.243 e. The SMILES string of the molecule is CC(C)[C@@H](C(=O)NC[C@H]1COCCO1)n1cnc2cc(F)c(F)cc21. The van der Waals surface area contributed by atoms with Gasteiger partial charge in [-0.05, 0) is 5.92 Å². The average molecular weight is 353 g/mol. The van der Waals surface area contributed by atoms with Crippen molar-refractivity contribution in [1.82, 2.24) is 14.9 Å². The third-order valence-electron chi connectivity index (χ3n) is 4.21. The van der Waals surface area contributed by atoms with Crippen molar-refractivity contribution in [2.75, 3.05) is 26.4 Å². The lowest BCUT2D eigenvalue weighted by atomic mass is 10.0. The Kier molecular flexibility index (Phi) is 5.29. The van der Waals surface area contributed by atoms with Gasteiger partial charge in [-0.3, -0.25) is 4.79 Å². The van der Waals surface area contributed by atoms with Gasteiger partial charge in [0.1, 0.15) is 6.04 Å². The fourth-order valence-electron chi connectivity index (χ4n) is 2.97. The van der Waals surface area contributed by atoms with Crippen LogP contribution in [0.2, 0.25) is 0 Å². The summed E-state index contributed by atoms with van der Waals surface area (Å²) in [5.74, 6) is -2.23. The van der Waals surface area contributed by atoms with E-state index in [4.69, 9.17) is 9.47 Å². The predicted molar refractivity (Wildman–Crippen MR) is 87.1 cm³/mol. The van der Waals surface area contributed by atoms with Crippen LogP contribution in [0.15, 0.2) is 18.5 Å². The third kappa shape index (κ3) is 3.80. The van der Waals surface area contributed by atoms with Crippen LogP contribution in [0.4, 0.5) is 8.78 Å². The van der Waals surface area contributed by atoms with Crippen molar-refractivity contribution in [2.45, 2.75) is 26.0 Å². The number of aromatic nitrogens is 2. The molecule has 0 unspecified atom stereocenters. The molecule has 1 amide bonds. The van der Waals surface area contributed by atoms with Crippen molar-refractivity contribution in [3.05, 3.63) is 30.1 Å². The van der Waals surface area contributed by atoms with Gasteiger partial charge in [-0.2, -0.15) is 0 Å². The summed E-state index contributed by atoms with van der Waals surface area (Å²) in [6, 6.07) is 1.50. The van der Waals surface area contributed by atoms with Crippen LogP contribution in [0.5, 0.6) is 0 Å². The molecule has 1 aliphatic heterocycles. The molecule has 0 spiro atoms. The molecule has 8 heteroatoms. The molecule has 2 heterocycles. The monoisotopic (exact) mass is 353 g/mol. The Labute approximate surface area is 144 Å². The van der Waals surface area contributed by atoms with Gasteiger partial charge in [0.05, 0.1) is 43.3 Å². The molecule has 136 valence electrons. The highest BCUT2D eigenvalue weighted by atomic mass is 19.2. The topological polar surface area (TPSA) is 65.4 Å². The van der Waals surface area contributed by atoms with Gasteiger partial charge >= 0.3 is 0 Å². The molecular formula is C17H21F2N3O3. The van der Waals surface area contributed by atoms with Crippen molar-refractivity contribution in [3.8, 4) is 0 Å². The van der Waals surface area contributed by atoms with E-state index in [-0.39, 0.29) is 17.9 Å². The van der Waals surface area contributed by atoms with Gasteiger partial charge < -0.3 is 19.4 Å². The first-order valence-electron chi connectivity index (χ1n) is 8.26. The molecule has 2 aromatic rings. The molecule has 6 nitrogen and oxygen atoms in total. The van der Waals surface area contributed by atoms with Gasteiger partial charge in [0.15, 0.2) is 11.6 Å². The number of carbonyl (C=O) groups excluding carboxylic acids is 1. The number of hydrogen-bond acceptors (Lipinski definition) is 4. The molecule has 0 saturated carbocycles. The van der Waals surface area contributed by atoms with E-state index in [1.54, 1.807) is 4.57 Å². The number of fused-ring (bicyclic) bond motifs is 1. The first kappa shape index (κ1) is 17.8. The molecule has 1 aromatic heterocycles. The van der Waals surface area contributed by atoms with Crippen LogP contribution < -0.4 is 5.32 Å². The lowest BCUT2D eigenvalue weighted by Gasteiger charge is -2.26. The van der Waals surface area contributed by atoms with Crippen LogP contribution >= 0.6 is 0 Å². The lowest BCUT2D eigenvalue weighted by Crippen LogP contribution is -2.43. The summed E-state index contributed by atoms with van der Waals surface area (Å²) in [7, 11) is 0. The molecule has 3 rings (SSSR count). The van der Waals surface area contributed by atoms with Gasteiger partial charge in [0, 0.05) is 18.7 Å². The van der Waals surface area contributed by atoms with E-state index < -0.39 is 17.7 Å². The Morgan fingerprint density at radius 3 is 2.80 bits per heavy atom. The number of halogens is 2.